The Balaban J connectivity index is 1.28. The topological polar surface area (TPSA) is 94.4 Å². The zero-order valence-corrected chi connectivity index (χ0v) is 20.1. The van der Waals surface area contributed by atoms with Crippen LogP contribution in [0.15, 0.2) is 64.7 Å². The fourth-order valence-corrected chi connectivity index (χ4v) is 5.64. The van der Waals surface area contributed by atoms with Crippen LogP contribution in [0.3, 0.4) is 0 Å². The summed E-state index contributed by atoms with van der Waals surface area (Å²) in [5, 5.41) is 0. The lowest BCUT2D eigenvalue weighted by Crippen LogP contribution is -2.47. The van der Waals surface area contributed by atoms with Crippen LogP contribution in [0.4, 0.5) is 5.95 Å². The van der Waals surface area contributed by atoms with E-state index in [2.05, 4.69) is 21.8 Å². The Kier molecular flexibility index (Phi) is 5.89. The molecule has 8 nitrogen and oxygen atoms in total. The summed E-state index contributed by atoms with van der Waals surface area (Å²) < 4.78 is 31.0. The van der Waals surface area contributed by atoms with Crippen LogP contribution in [0.1, 0.15) is 38.2 Å². The number of piperidine rings is 1. The molecule has 2 atom stereocenters. The van der Waals surface area contributed by atoms with Gasteiger partial charge in [0.25, 0.3) is 5.56 Å². The maximum Gasteiger partial charge on any atom is 0.258 e. The van der Waals surface area contributed by atoms with E-state index in [-0.39, 0.29) is 16.6 Å². The number of sulfone groups is 1. The molecule has 3 aromatic rings. The third-order valence-electron chi connectivity index (χ3n) is 6.76. The van der Waals surface area contributed by atoms with E-state index in [1.807, 2.05) is 12.4 Å². The average molecular weight is 481 g/mol. The van der Waals surface area contributed by atoms with Crippen LogP contribution >= 0.6 is 0 Å². The highest BCUT2D eigenvalue weighted by molar-refractivity contribution is 7.90. The Labute approximate surface area is 199 Å². The summed E-state index contributed by atoms with van der Waals surface area (Å²) >= 11 is 0. The third-order valence-corrected chi connectivity index (χ3v) is 7.89. The molecular weight excluding hydrogens is 452 g/mol. The van der Waals surface area contributed by atoms with Gasteiger partial charge in [0.05, 0.1) is 4.90 Å². The molecule has 2 aromatic heterocycles. The molecule has 5 rings (SSSR count). The molecule has 2 unspecified atom stereocenters. The zero-order chi connectivity index (χ0) is 23.9. The van der Waals surface area contributed by atoms with Crippen molar-refractivity contribution in [1.29, 1.82) is 0 Å². The van der Waals surface area contributed by atoms with Gasteiger partial charge in [0.2, 0.25) is 5.95 Å². The van der Waals surface area contributed by atoms with Crippen molar-refractivity contribution < 1.29 is 13.2 Å². The standard InChI is InChI=1S/C25H28N4O4S/c1-3-17-15-26-25(27-16-17)29-19-4-5-20(29)13-22(12-19)33-21-10-11-28(24(30)14-21)18-6-8-23(9-7-18)34(2,31)32/h6-11,14-16,19-20,22H,3-5,12-13H2,1-2H3. The molecule has 1 aromatic carbocycles. The van der Waals surface area contributed by atoms with Gasteiger partial charge in [0, 0.05) is 61.5 Å². The Morgan fingerprint density at radius 3 is 2.24 bits per heavy atom. The van der Waals surface area contributed by atoms with E-state index in [0.29, 0.717) is 23.5 Å². The molecule has 0 spiro atoms. The predicted molar refractivity (Wildman–Crippen MR) is 129 cm³/mol. The first-order chi connectivity index (χ1) is 16.3. The minimum Gasteiger partial charge on any atom is -0.490 e. The fourth-order valence-electron chi connectivity index (χ4n) is 5.01. The molecule has 2 bridgehead atoms. The number of aryl methyl sites for hydroxylation is 1. The lowest BCUT2D eigenvalue weighted by Gasteiger charge is -2.38. The van der Waals surface area contributed by atoms with Crippen molar-refractivity contribution in [3.63, 3.8) is 0 Å². The van der Waals surface area contributed by atoms with Crippen molar-refractivity contribution in [3.8, 4) is 11.4 Å². The number of rotatable bonds is 6. The van der Waals surface area contributed by atoms with Gasteiger partial charge in [-0.15, -0.1) is 0 Å². The molecule has 0 radical (unpaired) electrons. The SMILES string of the molecule is CCc1cnc(N2C3CCC2CC(Oc2ccn(-c4ccc(S(C)(=O)=O)cc4)c(=O)c2)C3)nc1. The predicted octanol–water partition coefficient (Wildman–Crippen LogP) is 3.17. The Bertz CT molecular complexity index is 1320. The van der Waals surface area contributed by atoms with Gasteiger partial charge in [0.15, 0.2) is 9.84 Å². The Morgan fingerprint density at radius 2 is 1.68 bits per heavy atom. The van der Waals surface area contributed by atoms with Crippen LogP contribution < -0.4 is 15.2 Å². The molecule has 34 heavy (non-hydrogen) atoms. The van der Waals surface area contributed by atoms with Crippen LogP contribution in [-0.4, -0.2) is 47.4 Å². The average Bonchev–Trinajstić information content (AvgIpc) is 3.09. The summed E-state index contributed by atoms with van der Waals surface area (Å²) in [6.45, 7) is 2.10. The van der Waals surface area contributed by atoms with Crippen LogP contribution in [0, 0.1) is 0 Å². The van der Waals surface area contributed by atoms with Gasteiger partial charge < -0.3 is 9.64 Å². The van der Waals surface area contributed by atoms with Crippen molar-refractivity contribution in [2.45, 2.75) is 62.1 Å². The van der Waals surface area contributed by atoms with Crippen molar-refractivity contribution >= 4 is 15.8 Å². The van der Waals surface area contributed by atoms with E-state index < -0.39 is 9.84 Å². The van der Waals surface area contributed by atoms with Gasteiger partial charge in [-0.05, 0) is 55.2 Å². The maximum absolute atomic E-state index is 12.7. The lowest BCUT2D eigenvalue weighted by atomic mass is 10.00. The molecule has 9 heteroatoms. The van der Waals surface area contributed by atoms with Crippen LogP contribution in [-0.2, 0) is 16.3 Å². The number of hydrogen-bond donors (Lipinski definition) is 0. The number of hydrogen-bond acceptors (Lipinski definition) is 7. The lowest BCUT2D eigenvalue weighted by molar-refractivity contribution is 0.149. The number of nitrogens with zero attached hydrogens (tertiary/aromatic N) is 4. The molecule has 178 valence electrons. The molecule has 0 amide bonds. The van der Waals surface area contributed by atoms with Gasteiger partial charge in [-0.2, -0.15) is 0 Å². The highest BCUT2D eigenvalue weighted by Crippen LogP contribution is 2.39. The monoisotopic (exact) mass is 480 g/mol. The van der Waals surface area contributed by atoms with Gasteiger partial charge >= 0.3 is 0 Å². The quantitative estimate of drug-likeness (QED) is 0.535. The fraction of sp³-hybridized carbons (Fsp3) is 0.400. The number of pyridine rings is 1. The van der Waals surface area contributed by atoms with E-state index in [1.165, 1.54) is 22.8 Å². The minimum atomic E-state index is -3.28. The number of fused-ring (bicyclic) bond motifs is 2. The molecule has 2 fully saturated rings. The van der Waals surface area contributed by atoms with Crippen LogP contribution in [0.5, 0.6) is 5.75 Å². The number of benzene rings is 1. The third kappa shape index (κ3) is 4.44. The number of ether oxygens (including phenoxy) is 1. The Hall–Kier alpha value is -3.20. The van der Waals surface area contributed by atoms with E-state index in [9.17, 15) is 13.2 Å². The van der Waals surface area contributed by atoms with Gasteiger partial charge in [0.1, 0.15) is 11.9 Å². The summed E-state index contributed by atoms with van der Waals surface area (Å²) in [6.07, 6.45) is 11.5. The maximum atomic E-state index is 12.7. The second kappa shape index (κ2) is 8.87. The van der Waals surface area contributed by atoms with E-state index in [1.54, 1.807) is 24.4 Å². The summed E-state index contributed by atoms with van der Waals surface area (Å²) in [5.41, 5.74) is 1.51. The molecule has 0 N–H and O–H groups in total. The highest BCUT2D eigenvalue weighted by Gasteiger charge is 2.42. The summed E-state index contributed by atoms with van der Waals surface area (Å²) in [6, 6.07) is 10.2. The summed E-state index contributed by atoms with van der Waals surface area (Å²) in [5.74, 6) is 1.35. The zero-order valence-electron chi connectivity index (χ0n) is 19.3. The van der Waals surface area contributed by atoms with Crippen molar-refractivity contribution in [1.82, 2.24) is 14.5 Å². The van der Waals surface area contributed by atoms with E-state index in [4.69, 9.17) is 4.74 Å². The van der Waals surface area contributed by atoms with Gasteiger partial charge in [-0.1, -0.05) is 6.92 Å². The molecule has 2 aliphatic heterocycles. The molecular formula is C25H28N4O4S. The molecule has 0 saturated carbocycles. The molecule has 2 aliphatic rings. The van der Waals surface area contributed by atoms with Gasteiger partial charge in [-0.25, -0.2) is 18.4 Å². The Morgan fingerprint density at radius 1 is 1.03 bits per heavy atom. The smallest absolute Gasteiger partial charge is 0.258 e. The van der Waals surface area contributed by atoms with Crippen molar-refractivity contribution in [2.75, 3.05) is 11.2 Å². The van der Waals surface area contributed by atoms with Crippen molar-refractivity contribution in [3.05, 3.63) is 70.9 Å². The molecule has 2 saturated heterocycles. The first-order valence-electron chi connectivity index (χ1n) is 11.6. The van der Waals surface area contributed by atoms with Crippen LogP contribution in [0.2, 0.25) is 0 Å². The largest absolute Gasteiger partial charge is 0.490 e. The van der Waals surface area contributed by atoms with E-state index in [0.717, 1.165) is 49.9 Å². The summed E-state index contributed by atoms with van der Waals surface area (Å²) in [7, 11) is -3.28. The van der Waals surface area contributed by atoms with Gasteiger partial charge in [-0.3, -0.25) is 9.36 Å². The normalized spacial score (nSPS) is 22.1. The second-order valence-corrected chi connectivity index (χ2v) is 11.1. The van der Waals surface area contributed by atoms with Crippen LogP contribution in [0.25, 0.3) is 5.69 Å². The number of aromatic nitrogens is 3. The molecule has 0 aliphatic carbocycles. The first-order valence-corrected chi connectivity index (χ1v) is 13.5. The minimum absolute atomic E-state index is 0.0351. The van der Waals surface area contributed by atoms with E-state index >= 15 is 0 Å². The highest BCUT2D eigenvalue weighted by atomic mass is 32.2. The first kappa shape index (κ1) is 22.6. The second-order valence-electron chi connectivity index (χ2n) is 9.09. The van der Waals surface area contributed by atoms with Crippen molar-refractivity contribution in [2.24, 2.45) is 0 Å². The molecule has 4 heterocycles. The number of anilines is 1. The summed E-state index contributed by atoms with van der Waals surface area (Å²) in [4.78, 5) is 24.5.